The quantitative estimate of drug-likeness (QED) is 0.259. The number of carbonyl (C=O) groups excluding carboxylic acids is 3. The number of aromatic nitrogens is 1. The van der Waals surface area contributed by atoms with E-state index in [0.29, 0.717) is 22.5 Å². The first-order valence-electron chi connectivity index (χ1n) is 14.1. The SMILES string of the molecule is N#Cc1c(-c2ccccc2)c(-c2ccccc2)n(C2CCCCC2)c1NC(=O)CCN1C(=O)c2ccccc2C1=O. The van der Waals surface area contributed by atoms with Crippen molar-refractivity contribution in [3.05, 3.63) is 102 Å². The fraction of sp³-hybridized carbons (Fsp3) is 0.235. The van der Waals surface area contributed by atoms with Gasteiger partial charge in [-0.2, -0.15) is 5.26 Å². The van der Waals surface area contributed by atoms with Crippen molar-refractivity contribution in [1.29, 1.82) is 5.26 Å². The fourth-order valence-corrected chi connectivity index (χ4v) is 6.14. The van der Waals surface area contributed by atoms with E-state index in [1.165, 1.54) is 0 Å². The largest absolute Gasteiger partial charge is 0.322 e. The van der Waals surface area contributed by atoms with Crippen LogP contribution in [-0.4, -0.2) is 33.7 Å². The van der Waals surface area contributed by atoms with E-state index in [1.54, 1.807) is 24.3 Å². The molecule has 0 bridgehead atoms. The third-order valence-corrected chi connectivity index (χ3v) is 8.07. The van der Waals surface area contributed by atoms with Crippen LogP contribution in [0.3, 0.4) is 0 Å². The second kappa shape index (κ2) is 11.3. The minimum absolute atomic E-state index is 0.0404. The van der Waals surface area contributed by atoms with Crippen LogP contribution in [0.5, 0.6) is 0 Å². The Hall–Kier alpha value is -4.96. The van der Waals surface area contributed by atoms with Gasteiger partial charge in [-0.05, 0) is 36.1 Å². The van der Waals surface area contributed by atoms with Gasteiger partial charge >= 0.3 is 0 Å². The zero-order valence-electron chi connectivity index (χ0n) is 22.7. The third kappa shape index (κ3) is 4.82. The van der Waals surface area contributed by atoms with Crippen LogP contribution in [0.2, 0.25) is 0 Å². The Morgan fingerprint density at radius 3 is 1.95 bits per heavy atom. The zero-order chi connectivity index (χ0) is 28.3. The summed E-state index contributed by atoms with van der Waals surface area (Å²) in [5.41, 5.74) is 4.71. The molecule has 2 aliphatic rings. The van der Waals surface area contributed by atoms with Crippen molar-refractivity contribution >= 4 is 23.5 Å². The lowest BCUT2D eigenvalue weighted by Gasteiger charge is -2.28. The highest BCUT2D eigenvalue weighted by molar-refractivity contribution is 6.21. The lowest BCUT2D eigenvalue weighted by Crippen LogP contribution is -2.33. The Labute approximate surface area is 239 Å². The molecule has 0 unspecified atom stereocenters. The van der Waals surface area contributed by atoms with Crippen molar-refractivity contribution in [3.8, 4) is 28.5 Å². The molecule has 7 heteroatoms. The summed E-state index contributed by atoms with van der Waals surface area (Å²) in [6, 6.07) is 29.0. The molecule has 1 saturated carbocycles. The van der Waals surface area contributed by atoms with Crippen molar-refractivity contribution in [1.82, 2.24) is 9.47 Å². The number of nitriles is 1. The Morgan fingerprint density at radius 2 is 1.37 bits per heavy atom. The summed E-state index contributed by atoms with van der Waals surface area (Å²) in [5.74, 6) is -0.657. The second-order valence-electron chi connectivity index (χ2n) is 10.6. The molecule has 204 valence electrons. The highest BCUT2D eigenvalue weighted by atomic mass is 16.2. The standard InChI is InChI=1S/C34H30N4O3/c35-22-28-30(23-12-4-1-5-13-23)31(24-14-6-2-7-15-24)38(25-16-8-3-9-17-25)32(28)36-29(39)20-21-37-33(40)26-18-10-11-19-27(26)34(37)41/h1-2,4-7,10-15,18-19,25H,3,8-9,16-17,20-21H2,(H,36,39). The molecule has 0 spiro atoms. The van der Waals surface area contributed by atoms with E-state index >= 15 is 0 Å². The molecule has 3 aromatic carbocycles. The molecule has 1 N–H and O–H groups in total. The van der Waals surface area contributed by atoms with Crippen molar-refractivity contribution in [3.63, 3.8) is 0 Å². The molecule has 7 nitrogen and oxygen atoms in total. The van der Waals surface area contributed by atoms with Gasteiger partial charge in [-0.25, -0.2) is 0 Å². The van der Waals surface area contributed by atoms with Gasteiger partial charge in [0.05, 0.1) is 16.8 Å². The van der Waals surface area contributed by atoms with Crippen LogP contribution < -0.4 is 5.32 Å². The molecular formula is C34H30N4O3. The van der Waals surface area contributed by atoms with Gasteiger partial charge in [0, 0.05) is 24.6 Å². The van der Waals surface area contributed by atoms with E-state index in [0.717, 1.165) is 59.4 Å². The first kappa shape index (κ1) is 26.3. The second-order valence-corrected chi connectivity index (χ2v) is 10.6. The molecule has 1 aromatic heterocycles. The Bertz CT molecular complexity index is 1630. The molecule has 1 fully saturated rings. The Balaban J connectivity index is 1.39. The van der Waals surface area contributed by atoms with Gasteiger partial charge < -0.3 is 9.88 Å². The van der Waals surface area contributed by atoms with E-state index in [2.05, 4.69) is 16.0 Å². The molecular weight excluding hydrogens is 512 g/mol. The minimum Gasteiger partial charge on any atom is -0.322 e. The van der Waals surface area contributed by atoms with Gasteiger partial charge in [0.25, 0.3) is 11.8 Å². The zero-order valence-corrected chi connectivity index (χ0v) is 22.7. The molecule has 1 aliphatic heterocycles. The number of fused-ring (bicyclic) bond motifs is 1. The number of imide groups is 1. The van der Waals surface area contributed by atoms with E-state index in [1.807, 2.05) is 60.7 Å². The van der Waals surface area contributed by atoms with Gasteiger partial charge in [0.15, 0.2) is 0 Å². The predicted molar refractivity (Wildman–Crippen MR) is 157 cm³/mol. The first-order chi connectivity index (χ1) is 20.1. The van der Waals surface area contributed by atoms with Crippen molar-refractivity contribution in [2.75, 3.05) is 11.9 Å². The van der Waals surface area contributed by atoms with Gasteiger partial charge in [-0.1, -0.05) is 92.1 Å². The number of hydrogen-bond acceptors (Lipinski definition) is 4. The maximum atomic E-state index is 13.5. The number of anilines is 1. The molecule has 0 radical (unpaired) electrons. The Morgan fingerprint density at radius 1 is 0.805 bits per heavy atom. The number of hydrogen-bond donors (Lipinski definition) is 1. The fourth-order valence-electron chi connectivity index (χ4n) is 6.14. The third-order valence-electron chi connectivity index (χ3n) is 8.07. The van der Waals surface area contributed by atoms with Crippen LogP contribution in [0.25, 0.3) is 22.4 Å². The van der Waals surface area contributed by atoms with Crippen molar-refractivity contribution < 1.29 is 14.4 Å². The monoisotopic (exact) mass is 542 g/mol. The number of rotatable bonds is 7. The number of benzene rings is 3. The maximum absolute atomic E-state index is 13.5. The maximum Gasteiger partial charge on any atom is 0.261 e. The van der Waals surface area contributed by atoms with Gasteiger partial charge in [-0.3, -0.25) is 19.3 Å². The summed E-state index contributed by atoms with van der Waals surface area (Å²) in [5, 5.41) is 13.6. The van der Waals surface area contributed by atoms with Crippen LogP contribution in [0.1, 0.15) is 70.8 Å². The summed E-state index contributed by atoms with van der Waals surface area (Å²) in [7, 11) is 0. The molecule has 3 amide bonds. The van der Waals surface area contributed by atoms with E-state index < -0.39 is 0 Å². The lowest BCUT2D eigenvalue weighted by molar-refractivity contribution is -0.116. The van der Waals surface area contributed by atoms with Crippen LogP contribution in [0.4, 0.5) is 5.82 Å². The lowest BCUT2D eigenvalue weighted by atomic mass is 9.94. The summed E-state index contributed by atoms with van der Waals surface area (Å²) in [4.78, 5) is 40.2. The van der Waals surface area contributed by atoms with Crippen LogP contribution >= 0.6 is 0 Å². The molecule has 41 heavy (non-hydrogen) atoms. The first-order valence-corrected chi connectivity index (χ1v) is 14.1. The average molecular weight is 543 g/mol. The van der Waals surface area contributed by atoms with Crippen molar-refractivity contribution in [2.45, 2.75) is 44.6 Å². The smallest absolute Gasteiger partial charge is 0.261 e. The molecule has 0 saturated heterocycles. The van der Waals surface area contributed by atoms with Gasteiger partial charge in [0.1, 0.15) is 17.5 Å². The van der Waals surface area contributed by atoms with Crippen molar-refractivity contribution in [2.24, 2.45) is 0 Å². The molecule has 1 aliphatic carbocycles. The highest BCUT2D eigenvalue weighted by Gasteiger charge is 2.35. The predicted octanol–water partition coefficient (Wildman–Crippen LogP) is 6.82. The number of amides is 3. The Kier molecular flexibility index (Phi) is 7.22. The van der Waals surface area contributed by atoms with Crippen LogP contribution in [0, 0.1) is 11.3 Å². The van der Waals surface area contributed by atoms with Crippen LogP contribution in [-0.2, 0) is 4.79 Å². The van der Waals surface area contributed by atoms with E-state index in [4.69, 9.17) is 0 Å². The summed E-state index contributed by atoms with van der Waals surface area (Å²) >= 11 is 0. The minimum atomic E-state index is -0.389. The van der Waals surface area contributed by atoms with E-state index in [9.17, 15) is 19.6 Å². The molecule has 2 heterocycles. The molecule has 4 aromatic rings. The highest BCUT2D eigenvalue weighted by Crippen LogP contribution is 2.46. The van der Waals surface area contributed by atoms with Gasteiger partial charge in [0.2, 0.25) is 5.91 Å². The van der Waals surface area contributed by atoms with E-state index in [-0.39, 0.29) is 36.7 Å². The molecule has 0 atom stereocenters. The normalized spacial score (nSPS) is 15.0. The van der Waals surface area contributed by atoms with Crippen LogP contribution in [0.15, 0.2) is 84.9 Å². The summed E-state index contributed by atoms with van der Waals surface area (Å²) < 4.78 is 2.16. The topological polar surface area (TPSA) is 95.2 Å². The summed E-state index contributed by atoms with van der Waals surface area (Å²) in [6.45, 7) is -0.0404. The number of nitrogens with zero attached hydrogens (tertiary/aromatic N) is 3. The summed E-state index contributed by atoms with van der Waals surface area (Å²) in [6.07, 6.45) is 5.14. The van der Waals surface area contributed by atoms with Gasteiger partial charge in [-0.15, -0.1) is 0 Å². The molecule has 6 rings (SSSR count). The number of nitrogens with one attached hydrogen (secondary N) is 1. The average Bonchev–Trinajstić information content (AvgIpc) is 3.48. The number of carbonyl (C=O) groups is 3.